The first-order chi connectivity index (χ1) is 7.01. The van der Waals surface area contributed by atoms with Crippen LogP contribution in [-0.2, 0) is 9.53 Å². The lowest BCUT2D eigenvalue weighted by Crippen LogP contribution is -2.53. The summed E-state index contributed by atoms with van der Waals surface area (Å²) in [6.45, 7) is 4.47. The number of nitrogens with one attached hydrogen (secondary N) is 1. The molecule has 0 aromatic carbocycles. The lowest BCUT2D eigenvalue weighted by atomic mass is 9.80. The quantitative estimate of drug-likeness (QED) is 0.706. The number of carbonyl (C=O) groups excluding carboxylic acids is 1. The summed E-state index contributed by atoms with van der Waals surface area (Å²) in [6, 6.07) is -0.418. The van der Waals surface area contributed by atoms with Gasteiger partial charge in [0.05, 0.1) is 11.6 Å². The van der Waals surface area contributed by atoms with Crippen molar-refractivity contribution in [1.29, 1.82) is 0 Å². The molecule has 4 heteroatoms. The molecule has 1 fully saturated rings. The second-order valence-corrected chi connectivity index (χ2v) is 4.73. The Morgan fingerprint density at radius 1 is 1.53 bits per heavy atom. The molecule has 1 rings (SSSR count). The molecule has 0 bridgehead atoms. The SMILES string of the molecule is COC1(CNC(=O)[C@H](N)C(C)C)CCC1. The maximum atomic E-state index is 11.6. The molecule has 15 heavy (non-hydrogen) atoms. The standard InChI is InChI=1S/C11H22N2O2/c1-8(2)9(12)10(14)13-7-11(15-3)5-4-6-11/h8-9H,4-7,12H2,1-3H3,(H,13,14)/t9-/m1/s1. The van der Waals surface area contributed by atoms with E-state index in [4.69, 9.17) is 10.5 Å². The number of methoxy groups -OCH3 is 1. The highest BCUT2D eigenvalue weighted by Gasteiger charge is 2.37. The van der Waals surface area contributed by atoms with Crippen LogP contribution in [0.2, 0.25) is 0 Å². The van der Waals surface area contributed by atoms with Gasteiger partial charge in [-0.3, -0.25) is 4.79 Å². The van der Waals surface area contributed by atoms with Crippen molar-refractivity contribution in [2.24, 2.45) is 11.7 Å². The first-order valence-corrected chi connectivity index (χ1v) is 5.59. The maximum absolute atomic E-state index is 11.6. The highest BCUT2D eigenvalue weighted by Crippen LogP contribution is 2.34. The van der Waals surface area contributed by atoms with Crippen LogP contribution >= 0.6 is 0 Å². The number of amides is 1. The van der Waals surface area contributed by atoms with Crippen molar-refractivity contribution in [3.05, 3.63) is 0 Å². The number of rotatable bonds is 5. The summed E-state index contributed by atoms with van der Waals surface area (Å²) in [6.07, 6.45) is 3.24. The van der Waals surface area contributed by atoms with E-state index < -0.39 is 6.04 Å². The second kappa shape index (κ2) is 4.94. The zero-order valence-corrected chi connectivity index (χ0v) is 9.88. The van der Waals surface area contributed by atoms with Crippen LogP contribution in [0.15, 0.2) is 0 Å². The van der Waals surface area contributed by atoms with E-state index in [0.29, 0.717) is 6.54 Å². The number of hydrogen-bond acceptors (Lipinski definition) is 3. The molecule has 4 nitrogen and oxygen atoms in total. The van der Waals surface area contributed by atoms with Gasteiger partial charge >= 0.3 is 0 Å². The predicted octanol–water partition coefficient (Wildman–Crippen LogP) is 0.655. The maximum Gasteiger partial charge on any atom is 0.237 e. The second-order valence-electron chi connectivity index (χ2n) is 4.73. The van der Waals surface area contributed by atoms with Crippen LogP contribution < -0.4 is 11.1 Å². The summed E-state index contributed by atoms with van der Waals surface area (Å²) in [7, 11) is 1.70. The molecule has 1 saturated carbocycles. The molecular weight excluding hydrogens is 192 g/mol. The monoisotopic (exact) mass is 214 g/mol. The molecule has 0 spiro atoms. The number of nitrogens with two attached hydrogens (primary N) is 1. The van der Waals surface area contributed by atoms with Gasteiger partial charge in [0.2, 0.25) is 5.91 Å². The van der Waals surface area contributed by atoms with Gasteiger partial charge in [-0.25, -0.2) is 0 Å². The summed E-state index contributed by atoms with van der Waals surface area (Å²) in [5.74, 6) is 0.0956. The fraction of sp³-hybridized carbons (Fsp3) is 0.909. The van der Waals surface area contributed by atoms with E-state index in [1.165, 1.54) is 6.42 Å². The van der Waals surface area contributed by atoms with Gasteiger partial charge in [-0.15, -0.1) is 0 Å². The van der Waals surface area contributed by atoms with Crippen LogP contribution in [-0.4, -0.2) is 31.2 Å². The summed E-state index contributed by atoms with van der Waals surface area (Å²) in [5.41, 5.74) is 5.62. The van der Waals surface area contributed by atoms with E-state index in [0.717, 1.165) is 12.8 Å². The minimum absolute atomic E-state index is 0.0756. The summed E-state index contributed by atoms with van der Waals surface area (Å²) in [5, 5.41) is 2.87. The number of hydrogen-bond donors (Lipinski definition) is 2. The van der Waals surface area contributed by atoms with Crippen LogP contribution in [0, 0.1) is 5.92 Å². The summed E-state index contributed by atoms with van der Waals surface area (Å²) >= 11 is 0. The van der Waals surface area contributed by atoms with E-state index in [1.54, 1.807) is 7.11 Å². The Hall–Kier alpha value is -0.610. The lowest BCUT2D eigenvalue weighted by molar-refractivity contribution is -0.126. The molecule has 1 aliphatic rings. The van der Waals surface area contributed by atoms with Crippen molar-refractivity contribution in [3.63, 3.8) is 0 Å². The first-order valence-electron chi connectivity index (χ1n) is 5.59. The van der Waals surface area contributed by atoms with Crippen LogP contribution in [0.4, 0.5) is 0 Å². The minimum Gasteiger partial charge on any atom is -0.376 e. The predicted molar refractivity (Wildman–Crippen MR) is 59.4 cm³/mol. The normalized spacial score (nSPS) is 20.9. The zero-order chi connectivity index (χ0) is 11.5. The molecule has 88 valence electrons. The highest BCUT2D eigenvalue weighted by molar-refractivity contribution is 5.81. The van der Waals surface area contributed by atoms with Gasteiger partial charge in [0.25, 0.3) is 0 Å². The Morgan fingerprint density at radius 2 is 2.13 bits per heavy atom. The lowest BCUT2D eigenvalue weighted by Gasteiger charge is -2.40. The van der Waals surface area contributed by atoms with E-state index in [1.807, 2.05) is 13.8 Å². The third-order valence-corrected chi connectivity index (χ3v) is 3.30. The van der Waals surface area contributed by atoms with Crippen LogP contribution in [0.5, 0.6) is 0 Å². The van der Waals surface area contributed by atoms with Crippen molar-refractivity contribution >= 4 is 5.91 Å². The molecule has 0 heterocycles. The molecule has 0 unspecified atom stereocenters. The molecule has 0 saturated heterocycles. The zero-order valence-electron chi connectivity index (χ0n) is 9.88. The van der Waals surface area contributed by atoms with Gasteiger partial charge in [0.1, 0.15) is 0 Å². The van der Waals surface area contributed by atoms with Crippen molar-refractivity contribution in [1.82, 2.24) is 5.32 Å². The Morgan fingerprint density at radius 3 is 2.47 bits per heavy atom. The smallest absolute Gasteiger partial charge is 0.237 e. The van der Waals surface area contributed by atoms with Gasteiger partial charge in [-0.05, 0) is 25.2 Å². The molecule has 1 atom stereocenters. The van der Waals surface area contributed by atoms with Crippen molar-refractivity contribution in [3.8, 4) is 0 Å². The molecule has 0 aromatic rings. The molecule has 1 aliphatic carbocycles. The van der Waals surface area contributed by atoms with Gasteiger partial charge in [0, 0.05) is 13.7 Å². The molecule has 1 amide bonds. The Kier molecular flexibility index (Phi) is 4.11. The van der Waals surface area contributed by atoms with Gasteiger partial charge in [-0.2, -0.15) is 0 Å². The summed E-state index contributed by atoms with van der Waals surface area (Å²) < 4.78 is 5.41. The van der Waals surface area contributed by atoms with E-state index in [2.05, 4.69) is 5.32 Å². The van der Waals surface area contributed by atoms with E-state index in [9.17, 15) is 4.79 Å². The third kappa shape index (κ3) is 2.92. The fourth-order valence-corrected chi connectivity index (χ4v) is 1.69. The number of ether oxygens (including phenoxy) is 1. The van der Waals surface area contributed by atoms with Gasteiger partial charge in [0.15, 0.2) is 0 Å². The van der Waals surface area contributed by atoms with Crippen LogP contribution in [0.25, 0.3) is 0 Å². The first kappa shape index (κ1) is 12.5. The molecule has 0 aliphatic heterocycles. The largest absolute Gasteiger partial charge is 0.376 e. The van der Waals surface area contributed by atoms with Gasteiger partial charge in [-0.1, -0.05) is 13.8 Å². The van der Waals surface area contributed by atoms with Crippen LogP contribution in [0.3, 0.4) is 0 Å². The molecule has 0 aromatic heterocycles. The third-order valence-electron chi connectivity index (χ3n) is 3.30. The van der Waals surface area contributed by atoms with E-state index >= 15 is 0 Å². The highest BCUT2D eigenvalue weighted by atomic mass is 16.5. The minimum atomic E-state index is -0.418. The molecule has 3 N–H and O–H groups in total. The van der Waals surface area contributed by atoms with Gasteiger partial charge < -0.3 is 15.8 Å². The summed E-state index contributed by atoms with van der Waals surface area (Å²) in [4.78, 5) is 11.6. The van der Waals surface area contributed by atoms with Crippen LogP contribution in [0.1, 0.15) is 33.1 Å². The molecular formula is C11H22N2O2. The Bertz CT molecular complexity index is 219. The fourth-order valence-electron chi connectivity index (χ4n) is 1.69. The Labute approximate surface area is 91.5 Å². The number of carbonyl (C=O) groups is 1. The van der Waals surface area contributed by atoms with Crippen molar-refractivity contribution < 1.29 is 9.53 Å². The van der Waals surface area contributed by atoms with E-state index in [-0.39, 0.29) is 17.4 Å². The molecule has 0 radical (unpaired) electrons. The Balaban J connectivity index is 2.33. The average Bonchev–Trinajstić information content (AvgIpc) is 2.15. The van der Waals surface area contributed by atoms with Crippen molar-refractivity contribution in [2.75, 3.05) is 13.7 Å². The average molecular weight is 214 g/mol. The topological polar surface area (TPSA) is 64.3 Å². The van der Waals surface area contributed by atoms with Crippen molar-refractivity contribution in [2.45, 2.75) is 44.8 Å².